The van der Waals surface area contributed by atoms with Crippen LogP contribution in [0.2, 0.25) is 0 Å². The molecule has 42 heavy (non-hydrogen) atoms. The van der Waals surface area contributed by atoms with Crippen molar-refractivity contribution >= 4 is 0 Å². The summed E-state index contributed by atoms with van der Waals surface area (Å²) in [6, 6.07) is 0. The minimum Gasteiger partial charge on any atom is -0.394 e. The van der Waals surface area contributed by atoms with E-state index in [4.69, 9.17) is 28.4 Å². The third kappa shape index (κ3) is 6.76. The summed E-state index contributed by atoms with van der Waals surface area (Å²) in [4.78, 5) is 0. The topological polar surface area (TPSA) is 298 Å². The Balaban J connectivity index is 1.36. The van der Waals surface area contributed by atoms with Gasteiger partial charge in [-0.3, -0.25) is 0 Å². The fourth-order valence-electron chi connectivity index (χ4n) is 5.66. The van der Waals surface area contributed by atoms with Crippen molar-refractivity contribution in [3.63, 3.8) is 0 Å². The van der Waals surface area contributed by atoms with Gasteiger partial charge >= 0.3 is 0 Å². The Labute approximate surface area is 239 Å². The first-order chi connectivity index (χ1) is 19.8. The van der Waals surface area contributed by atoms with E-state index >= 15 is 0 Å². The third-order valence-electron chi connectivity index (χ3n) is 8.24. The summed E-state index contributed by atoms with van der Waals surface area (Å²) in [6.45, 7) is -0.0428. The number of aliphatic hydroxyl groups excluding tert-OH is 12. The zero-order valence-electron chi connectivity index (χ0n) is 22.6. The molecule has 3 saturated heterocycles. The van der Waals surface area contributed by atoms with Gasteiger partial charge in [0.2, 0.25) is 0 Å². The summed E-state index contributed by atoms with van der Waals surface area (Å²) in [6.07, 6.45) is -28.7. The zero-order chi connectivity index (χ0) is 31.0. The van der Waals surface area contributed by atoms with E-state index in [1.165, 1.54) is 6.92 Å². The lowest BCUT2D eigenvalue weighted by Crippen LogP contribution is -2.65. The average Bonchev–Trinajstić information content (AvgIpc) is 2.97. The second-order valence-corrected chi connectivity index (χ2v) is 11.1. The van der Waals surface area contributed by atoms with Gasteiger partial charge in [0.05, 0.1) is 31.5 Å². The van der Waals surface area contributed by atoms with Gasteiger partial charge in [-0.05, 0) is 19.8 Å². The Hall–Kier alpha value is -0.720. The van der Waals surface area contributed by atoms with Gasteiger partial charge in [-0.25, -0.2) is 0 Å². The first-order valence-corrected chi connectivity index (χ1v) is 13.8. The number of aliphatic hydroxyl groups is 12. The Morgan fingerprint density at radius 2 is 1.00 bits per heavy atom. The molecule has 0 bridgehead atoms. The van der Waals surface area contributed by atoms with E-state index in [9.17, 15) is 61.3 Å². The van der Waals surface area contributed by atoms with Crippen LogP contribution < -0.4 is 0 Å². The average molecular weight is 619 g/mol. The van der Waals surface area contributed by atoms with Gasteiger partial charge in [-0.1, -0.05) is 0 Å². The molecule has 246 valence electrons. The van der Waals surface area contributed by atoms with Gasteiger partial charge in [0.25, 0.3) is 0 Å². The normalized spacial score (nSPS) is 54.1. The lowest BCUT2D eigenvalue weighted by Gasteiger charge is -2.47. The smallest absolute Gasteiger partial charge is 0.187 e. The van der Waals surface area contributed by atoms with Crippen LogP contribution in [0.4, 0.5) is 0 Å². The highest BCUT2D eigenvalue weighted by Crippen LogP contribution is 2.34. The van der Waals surface area contributed by atoms with Crippen LogP contribution in [0.5, 0.6) is 0 Å². The fraction of sp³-hybridized carbons (Fsp3) is 1.00. The van der Waals surface area contributed by atoms with Crippen LogP contribution in [-0.2, 0) is 28.4 Å². The summed E-state index contributed by atoms with van der Waals surface area (Å²) >= 11 is 0. The largest absolute Gasteiger partial charge is 0.394 e. The number of ether oxygens (including phenoxy) is 6. The number of hydrogen-bond acceptors (Lipinski definition) is 18. The lowest BCUT2D eigenvalue weighted by atomic mass is 9.88. The molecule has 0 radical (unpaired) electrons. The molecule has 18 nitrogen and oxygen atoms in total. The molecular formula is C24H42O18. The van der Waals surface area contributed by atoms with Crippen LogP contribution in [0.3, 0.4) is 0 Å². The molecule has 0 unspecified atom stereocenters. The van der Waals surface area contributed by atoms with Crippen molar-refractivity contribution in [2.45, 2.75) is 136 Å². The number of hydrogen-bond donors (Lipinski definition) is 12. The molecule has 4 fully saturated rings. The molecule has 1 aliphatic carbocycles. The summed E-state index contributed by atoms with van der Waals surface area (Å²) < 4.78 is 32.8. The summed E-state index contributed by atoms with van der Waals surface area (Å²) in [7, 11) is 0. The van der Waals surface area contributed by atoms with E-state index in [1.807, 2.05) is 0 Å². The van der Waals surface area contributed by atoms with E-state index in [0.717, 1.165) is 0 Å². The molecule has 3 heterocycles. The highest BCUT2D eigenvalue weighted by molar-refractivity contribution is 4.97. The Morgan fingerprint density at radius 1 is 0.500 bits per heavy atom. The van der Waals surface area contributed by atoms with Gasteiger partial charge < -0.3 is 89.7 Å². The minimum absolute atomic E-state index is 0.0311. The van der Waals surface area contributed by atoms with E-state index in [-0.39, 0.29) is 12.8 Å². The molecule has 12 N–H and O–H groups in total. The maximum Gasteiger partial charge on any atom is 0.187 e. The van der Waals surface area contributed by atoms with Gasteiger partial charge in [0.15, 0.2) is 18.9 Å². The Bertz CT molecular complexity index is 850. The predicted molar refractivity (Wildman–Crippen MR) is 130 cm³/mol. The molecule has 18 heteroatoms. The first kappa shape index (κ1) is 34.2. The summed E-state index contributed by atoms with van der Waals surface area (Å²) in [5.41, 5.74) is 0. The van der Waals surface area contributed by atoms with Gasteiger partial charge in [0.1, 0.15) is 79.4 Å². The molecule has 0 aromatic carbocycles. The fourth-order valence-corrected chi connectivity index (χ4v) is 5.66. The van der Waals surface area contributed by atoms with Crippen LogP contribution in [0.25, 0.3) is 0 Å². The quantitative estimate of drug-likeness (QED) is 0.120. The molecule has 19 atom stereocenters. The molecule has 0 amide bonds. The van der Waals surface area contributed by atoms with Crippen LogP contribution in [0.1, 0.15) is 19.8 Å². The molecular weight excluding hydrogens is 576 g/mol. The molecule has 3 aliphatic heterocycles. The highest BCUT2D eigenvalue weighted by atomic mass is 16.7. The van der Waals surface area contributed by atoms with Crippen LogP contribution >= 0.6 is 0 Å². The van der Waals surface area contributed by atoms with E-state index < -0.39 is 130 Å². The van der Waals surface area contributed by atoms with E-state index in [2.05, 4.69) is 0 Å². The predicted octanol–water partition coefficient (Wildman–Crippen LogP) is -7.28. The molecule has 4 rings (SSSR count). The monoisotopic (exact) mass is 618 g/mol. The Morgan fingerprint density at radius 3 is 1.60 bits per heavy atom. The molecule has 4 aliphatic rings. The maximum absolute atomic E-state index is 10.8. The standard InChI is InChI=1S/C24H42O18/c1-6-20(15(31)17(33)22(36)37-6)38-7-2-3-8(12(28)11(7)27)39-23-19(35)16(32)21(10(5-26)41-23)42-24-18(34)14(30)13(29)9(4-25)40-24/h6-36H,2-5H2,1H3/t6-,7+,8+,9+,10-,11+,12-,13+,14+,15-,16-,17+,18-,19-,20-,21-,22-,23-,24-/m0/s1. The van der Waals surface area contributed by atoms with E-state index in [0.29, 0.717) is 0 Å². The molecule has 0 aromatic heterocycles. The summed E-state index contributed by atoms with van der Waals surface area (Å²) in [5, 5.41) is 122. The summed E-state index contributed by atoms with van der Waals surface area (Å²) in [5.74, 6) is 0. The second-order valence-electron chi connectivity index (χ2n) is 11.1. The SMILES string of the molecule is C[C@@H]1O[C@H](O)[C@H](O)[C@H](O)[C@H]1O[C@@H]1CC[C@@H](O[C@H]2O[C@@H](CO)[C@H](O[C@@H]3O[C@H](CO)[C@@H](O)[C@@H](O)[C@@H]3O)[C@@H](O)[C@@H]2O)[C@H](O)[C@@H]1O. The highest BCUT2D eigenvalue weighted by Gasteiger charge is 2.52. The van der Waals surface area contributed by atoms with Crippen molar-refractivity contribution in [2.75, 3.05) is 13.2 Å². The minimum atomic E-state index is -1.84. The van der Waals surface area contributed by atoms with Crippen molar-refractivity contribution in [1.29, 1.82) is 0 Å². The lowest BCUT2D eigenvalue weighted by molar-refractivity contribution is -0.367. The third-order valence-corrected chi connectivity index (χ3v) is 8.24. The van der Waals surface area contributed by atoms with Crippen LogP contribution in [0, 0.1) is 0 Å². The first-order valence-electron chi connectivity index (χ1n) is 13.8. The van der Waals surface area contributed by atoms with Crippen molar-refractivity contribution < 1.29 is 89.7 Å². The van der Waals surface area contributed by atoms with Crippen molar-refractivity contribution in [1.82, 2.24) is 0 Å². The zero-order valence-corrected chi connectivity index (χ0v) is 22.6. The Kier molecular flexibility index (Phi) is 11.5. The van der Waals surface area contributed by atoms with Crippen molar-refractivity contribution in [3.8, 4) is 0 Å². The van der Waals surface area contributed by atoms with Crippen molar-refractivity contribution in [2.24, 2.45) is 0 Å². The van der Waals surface area contributed by atoms with Gasteiger partial charge in [0, 0.05) is 0 Å². The van der Waals surface area contributed by atoms with Gasteiger partial charge in [-0.2, -0.15) is 0 Å². The number of rotatable bonds is 8. The molecule has 0 aromatic rings. The van der Waals surface area contributed by atoms with Crippen LogP contribution in [-0.4, -0.2) is 191 Å². The van der Waals surface area contributed by atoms with E-state index in [1.54, 1.807) is 0 Å². The van der Waals surface area contributed by atoms with Gasteiger partial charge in [-0.15, -0.1) is 0 Å². The molecule has 0 spiro atoms. The maximum atomic E-state index is 10.8. The second kappa shape index (κ2) is 14.1. The van der Waals surface area contributed by atoms with Crippen LogP contribution in [0.15, 0.2) is 0 Å². The van der Waals surface area contributed by atoms with Crippen molar-refractivity contribution in [3.05, 3.63) is 0 Å². The molecule has 1 saturated carbocycles.